The van der Waals surface area contributed by atoms with Gasteiger partial charge in [0.2, 0.25) is 5.95 Å². The molecule has 7 heteroatoms. The maximum Gasteiger partial charge on any atom is 0.243 e. The summed E-state index contributed by atoms with van der Waals surface area (Å²) < 4.78 is 0. The molecular weight excluding hydrogens is 390 g/mol. The zero-order valence-electron chi connectivity index (χ0n) is 14.7. The molecule has 0 atom stereocenters. The number of hydrogen-bond acceptors (Lipinski definition) is 4. The lowest BCUT2D eigenvalue weighted by molar-refractivity contribution is 1.11. The van der Waals surface area contributed by atoms with Gasteiger partial charge in [-0.25, -0.2) is 15.0 Å². The topological polar surface area (TPSA) is 67.1 Å². The summed E-state index contributed by atoms with van der Waals surface area (Å²) in [6.07, 6.45) is 0. The average Bonchev–Trinajstić information content (AvgIpc) is 2.72. The molecule has 138 valence electrons. The van der Waals surface area contributed by atoms with Crippen LogP contribution in [0, 0.1) is 0 Å². The highest BCUT2D eigenvalue weighted by Crippen LogP contribution is 2.29. The molecule has 3 N–H and O–H groups in total. The second-order valence-corrected chi connectivity index (χ2v) is 6.90. The highest BCUT2D eigenvalue weighted by atomic mass is 35.5. The largest absolute Gasteiger partial charge is 0.374 e. The van der Waals surface area contributed by atoms with Crippen molar-refractivity contribution >= 4 is 51.5 Å². The van der Waals surface area contributed by atoms with Gasteiger partial charge in [0, 0.05) is 16.0 Å². The maximum absolute atomic E-state index is 6.21. The van der Waals surface area contributed by atoms with Crippen molar-refractivity contribution in [3.8, 4) is 11.3 Å². The Morgan fingerprint density at radius 2 is 1.61 bits per heavy atom. The number of nitrogens with two attached hydrogens (primary N) is 1. The van der Waals surface area contributed by atoms with Crippen molar-refractivity contribution in [3.63, 3.8) is 0 Å². The lowest BCUT2D eigenvalue weighted by atomic mass is 10.1. The smallest absolute Gasteiger partial charge is 0.243 e. The van der Waals surface area contributed by atoms with E-state index in [4.69, 9.17) is 34.5 Å². The average molecular weight is 406 g/mol. The third-order valence-corrected chi connectivity index (χ3v) is 4.57. The molecule has 5 nitrogen and oxygen atoms in total. The van der Waals surface area contributed by atoms with Crippen LogP contribution in [-0.2, 0) is 0 Å². The monoisotopic (exact) mass is 405 g/mol. The molecule has 1 heterocycles. The molecular formula is C21H16ClN5S. The first-order valence-corrected chi connectivity index (χ1v) is 9.34. The Morgan fingerprint density at radius 1 is 0.929 bits per heavy atom. The quantitative estimate of drug-likeness (QED) is 0.366. The first-order valence-electron chi connectivity index (χ1n) is 8.56. The first kappa shape index (κ1) is 18.2. The fourth-order valence-electron chi connectivity index (χ4n) is 2.89. The number of fused-ring (bicyclic) bond motifs is 1. The number of anilines is 2. The Bertz CT molecular complexity index is 1140. The molecule has 0 fully saturated rings. The van der Waals surface area contributed by atoms with Crippen LogP contribution in [0.3, 0.4) is 0 Å². The molecule has 1 aromatic heterocycles. The normalized spacial score (nSPS) is 10.6. The van der Waals surface area contributed by atoms with Crippen LogP contribution in [0.15, 0.2) is 78.9 Å². The number of nitrogens with zero attached hydrogens (tertiary/aromatic N) is 3. The number of para-hydroxylation sites is 1. The van der Waals surface area contributed by atoms with Gasteiger partial charge in [0.15, 0.2) is 5.11 Å². The molecule has 0 aliphatic heterocycles. The van der Waals surface area contributed by atoms with E-state index in [1.807, 2.05) is 72.8 Å². The van der Waals surface area contributed by atoms with Crippen LogP contribution >= 0.6 is 23.8 Å². The lowest BCUT2D eigenvalue weighted by Gasteiger charge is -2.23. The van der Waals surface area contributed by atoms with E-state index < -0.39 is 0 Å². The lowest BCUT2D eigenvalue weighted by Crippen LogP contribution is -2.40. The van der Waals surface area contributed by atoms with Gasteiger partial charge in [-0.3, -0.25) is 5.43 Å². The molecule has 0 aliphatic carbocycles. The fraction of sp³-hybridized carbons (Fsp3) is 0. The van der Waals surface area contributed by atoms with Crippen LogP contribution in [0.25, 0.3) is 22.2 Å². The van der Waals surface area contributed by atoms with E-state index in [0.717, 1.165) is 27.8 Å². The molecule has 0 saturated carbocycles. The molecule has 0 unspecified atom stereocenters. The van der Waals surface area contributed by atoms with Gasteiger partial charge >= 0.3 is 0 Å². The molecule has 4 aromatic rings. The van der Waals surface area contributed by atoms with E-state index in [1.54, 1.807) is 11.1 Å². The molecule has 4 rings (SSSR count). The van der Waals surface area contributed by atoms with Gasteiger partial charge < -0.3 is 5.73 Å². The summed E-state index contributed by atoms with van der Waals surface area (Å²) >= 11 is 11.4. The highest BCUT2D eigenvalue weighted by Gasteiger charge is 2.14. The van der Waals surface area contributed by atoms with Crippen molar-refractivity contribution in [2.24, 2.45) is 5.73 Å². The summed E-state index contributed by atoms with van der Waals surface area (Å²) in [6.45, 7) is 0. The van der Waals surface area contributed by atoms with Crippen molar-refractivity contribution < 1.29 is 0 Å². The van der Waals surface area contributed by atoms with E-state index in [0.29, 0.717) is 11.0 Å². The summed E-state index contributed by atoms with van der Waals surface area (Å²) in [6, 6.07) is 24.9. The predicted molar refractivity (Wildman–Crippen MR) is 119 cm³/mol. The SMILES string of the molecule is NC(=S)N(Nc1nc(-c2ccccc2)c2cc(Cl)ccc2n1)c1ccccc1. The van der Waals surface area contributed by atoms with Crippen molar-refractivity contribution in [2.75, 3.05) is 10.4 Å². The number of hydrazine groups is 1. The number of halogens is 1. The molecule has 0 amide bonds. The molecule has 3 aromatic carbocycles. The highest BCUT2D eigenvalue weighted by molar-refractivity contribution is 7.80. The molecule has 0 bridgehead atoms. The molecule has 0 radical (unpaired) electrons. The van der Waals surface area contributed by atoms with Gasteiger partial charge in [-0.15, -0.1) is 0 Å². The minimum Gasteiger partial charge on any atom is -0.374 e. The van der Waals surface area contributed by atoms with Gasteiger partial charge in [0.05, 0.1) is 16.9 Å². The van der Waals surface area contributed by atoms with Crippen molar-refractivity contribution in [3.05, 3.63) is 83.9 Å². The molecule has 0 saturated heterocycles. The Kier molecular flexibility index (Phi) is 5.06. The molecule has 28 heavy (non-hydrogen) atoms. The number of benzene rings is 3. The predicted octanol–water partition coefficient (Wildman–Crippen LogP) is 5.03. The molecule has 0 aliphatic rings. The number of nitrogens with one attached hydrogen (secondary N) is 1. The number of thiocarbonyl (C=S) groups is 1. The minimum absolute atomic E-state index is 0.160. The standard InChI is InChI=1S/C21H16ClN5S/c22-15-11-12-18-17(13-15)19(14-7-3-1-4-8-14)25-21(24-18)26-27(20(23)28)16-9-5-2-6-10-16/h1-13H,(H2,23,28)(H,24,25,26). The molecule has 0 spiro atoms. The third kappa shape index (κ3) is 3.74. The van der Waals surface area contributed by atoms with E-state index in [1.165, 1.54) is 0 Å². The third-order valence-electron chi connectivity index (χ3n) is 4.15. The van der Waals surface area contributed by atoms with Gasteiger partial charge in [-0.05, 0) is 42.5 Å². The van der Waals surface area contributed by atoms with E-state index in [2.05, 4.69) is 10.4 Å². The van der Waals surface area contributed by atoms with Crippen LogP contribution in [0.1, 0.15) is 0 Å². The van der Waals surface area contributed by atoms with Crippen LogP contribution in [0.4, 0.5) is 11.6 Å². The van der Waals surface area contributed by atoms with Crippen molar-refractivity contribution in [1.82, 2.24) is 9.97 Å². The Labute approximate surface area is 172 Å². The van der Waals surface area contributed by atoms with Gasteiger partial charge in [0.1, 0.15) is 0 Å². The van der Waals surface area contributed by atoms with Crippen LogP contribution in [-0.4, -0.2) is 15.1 Å². The van der Waals surface area contributed by atoms with E-state index >= 15 is 0 Å². The van der Waals surface area contributed by atoms with Gasteiger partial charge in [0.25, 0.3) is 0 Å². The van der Waals surface area contributed by atoms with Crippen molar-refractivity contribution in [2.45, 2.75) is 0 Å². The summed E-state index contributed by atoms with van der Waals surface area (Å²) in [4.78, 5) is 9.33. The van der Waals surface area contributed by atoms with Gasteiger partial charge in [-0.2, -0.15) is 0 Å². The second-order valence-electron chi connectivity index (χ2n) is 6.04. The van der Waals surface area contributed by atoms with Gasteiger partial charge in [-0.1, -0.05) is 60.1 Å². The number of rotatable bonds is 4. The summed E-state index contributed by atoms with van der Waals surface area (Å²) in [5.41, 5.74) is 12.3. The van der Waals surface area contributed by atoms with E-state index in [9.17, 15) is 0 Å². The van der Waals surface area contributed by atoms with Crippen LogP contribution < -0.4 is 16.2 Å². The Morgan fingerprint density at radius 3 is 2.29 bits per heavy atom. The van der Waals surface area contributed by atoms with Crippen LogP contribution in [0.2, 0.25) is 5.02 Å². The maximum atomic E-state index is 6.21. The summed E-state index contributed by atoms with van der Waals surface area (Å²) in [5, 5.41) is 3.22. The fourth-order valence-corrected chi connectivity index (χ4v) is 3.21. The first-order chi connectivity index (χ1) is 13.6. The summed E-state index contributed by atoms with van der Waals surface area (Å²) in [7, 11) is 0. The van der Waals surface area contributed by atoms with Crippen LogP contribution in [0.5, 0.6) is 0 Å². The number of hydrogen-bond donors (Lipinski definition) is 2. The minimum atomic E-state index is 0.160. The second kappa shape index (κ2) is 7.80. The summed E-state index contributed by atoms with van der Waals surface area (Å²) in [5.74, 6) is 0.380. The zero-order valence-corrected chi connectivity index (χ0v) is 16.3. The Balaban J connectivity index is 1.84. The van der Waals surface area contributed by atoms with Crippen molar-refractivity contribution in [1.29, 1.82) is 0 Å². The van der Waals surface area contributed by atoms with E-state index in [-0.39, 0.29) is 5.11 Å². The Hall–Kier alpha value is -3.22. The number of aromatic nitrogens is 2. The zero-order chi connectivity index (χ0) is 19.5.